The van der Waals surface area contributed by atoms with Gasteiger partial charge in [0.05, 0.1) is 29.2 Å². The lowest BCUT2D eigenvalue weighted by atomic mass is 9.74. The Bertz CT molecular complexity index is 1400. The van der Waals surface area contributed by atoms with Crippen molar-refractivity contribution < 1.29 is 19.5 Å². The third kappa shape index (κ3) is 4.34. The van der Waals surface area contributed by atoms with Gasteiger partial charge in [0.25, 0.3) is 0 Å². The first kappa shape index (κ1) is 27.8. The van der Waals surface area contributed by atoms with E-state index in [1.54, 1.807) is 26.5 Å². The number of para-hydroxylation sites is 1. The van der Waals surface area contributed by atoms with Gasteiger partial charge in [-0.05, 0) is 44.9 Å². The number of hydrogen-bond acceptors (Lipinski definition) is 5. The molecule has 2 saturated heterocycles. The van der Waals surface area contributed by atoms with Crippen molar-refractivity contribution in [2.24, 2.45) is 11.8 Å². The second-order valence-corrected chi connectivity index (χ2v) is 13.7. The molecule has 2 aromatic rings. The van der Waals surface area contributed by atoms with Crippen molar-refractivity contribution in [3.05, 3.63) is 90.5 Å². The van der Waals surface area contributed by atoms with E-state index in [2.05, 4.69) is 6.08 Å². The van der Waals surface area contributed by atoms with Gasteiger partial charge in [-0.15, -0.1) is 11.8 Å². The quantitative estimate of drug-likeness (QED) is 0.535. The predicted octanol–water partition coefficient (Wildman–Crippen LogP) is 3.69. The zero-order valence-corrected chi connectivity index (χ0v) is 24.5. The van der Waals surface area contributed by atoms with Crippen LogP contribution in [0, 0.1) is 11.8 Å². The SMILES string of the molecule is CC(C)N1CC=C[C@]23S[C@]4(C)C=CCN(c5ccccc5)C(=O)[C@@H]4[C@H]2C(=O)N([C@@H](CO)Cc2ccccc2)C3C1=O. The standard InChI is InChI=1S/C33H37N3O4S/c1-22(2)34-18-11-17-33-27(26-29(38)35(24-14-8-5-9-15-24)19-10-16-32(26,3)41-33)30(39)36(28(33)31(34)40)25(21-37)20-23-12-6-4-7-13-23/h4-17,22,25-28,37H,18-21H2,1-3H3/t25-,26+,27+,28?,32-,33+/m1/s1. The van der Waals surface area contributed by atoms with Crippen molar-refractivity contribution in [1.29, 1.82) is 0 Å². The summed E-state index contributed by atoms with van der Waals surface area (Å²) in [5.41, 5.74) is 1.76. The Morgan fingerprint density at radius 2 is 1.54 bits per heavy atom. The molecular weight excluding hydrogens is 534 g/mol. The van der Waals surface area contributed by atoms with Crippen LogP contribution in [0.3, 0.4) is 0 Å². The van der Waals surface area contributed by atoms with Gasteiger partial charge in [0, 0.05) is 29.6 Å². The summed E-state index contributed by atoms with van der Waals surface area (Å²) in [4.78, 5) is 48.9. The molecule has 2 fully saturated rings. The number of amides is 3. The Kier molecular flexibility index (Phi) is 7.10. The highest BCUT2D eigenvalue weighted by atomic mass is 32.2. The van der Waals surface area contributed by atoms with Crippen LogP contribution in [-0.2, 0) is 20.8 Å². The second-order valence-electron chi connectivity index (χ2n) is 11.9. The first-order valence-corrected chi connectivity index (χ1v) is 15.2. The molecule has 0 bridgehead atoms. The molecule has 0 aromatic heterocycles. The molecule has 7 nitrogen and oxygen atoms in total. The molecule has 1 spiro atoms. The molecule has 2 aromatic carbocycles. The summed E-state index contributed by atoms with van der Waals surface area (Å²) >= 11 is 1.57. The minimum absolute atomic E-state index is 0.0671. The second kappa shape index (κ2) is 10.5. The van der Waals surface area contributed by atoms with Gasteiger partial charge in [0.1, 0.15) is 6.04 Å². The van der Waals surface area contributed by atoms with E-state index in [-0.39, 0.29) is 30.4 Å². The number of carbonyl (C=O) groups excluding carboxylic acids is 3. The fourth-order valence-electron chi connectivity index (χ4n) is 7.31. The van der Waals surface area contributed by atoms with Crippen LogP contribution >= 0.6 is 11.8 Å². The predicted molar refractivity (Wildman–Crippen MR) is 161 cm³/mol. The Morgan fingerprint density at radius 1 is 0.878 bits per heavy atom. The van der Waals surface area contributed by atoms with Gasteiger partial charge >= 0.3 is 0 Å². The van der Waals surface area contributed by atoms with E-state index in [9.17, 15) is 19.5 Å². The number of anilines is 1. The van der Waals surface area contributed by atoms with Gasteiger partial charge in [0.15, 0.2) is 0 Å². The molecule has 8 heteroatoms. The van der Waals surface area contributed by atoms with Crippen molar-refractivity contribution in [3.63, 3.8) is 0 Å². The van der Waals surface area contributed by atoms with Gasteiger partial charge in [-0.2, -0.15) is 0 Å². The Balaban J connectivity index is 1.49. The maximum Gasteiger partial charge on any atom is 0.247 e. The zero-order chi connectivity index (χ0) is 28.9. The molecule has 4 aliphatic heterocycles. The highest BCUT2D eigenvalue weighted by Crippen LogP contribution is 2.66. The molecule has 6 atom stereocenters. The number of rotatable bonds is 6. The van der Waals surface area contributed by atoms with E-state index < -0.39 is 33.4 Å². The van der Waals surface area contributed by atoms with E-state index in [0.717, 1.165) is 11.3 Å². The smallest absolute Gasteiger partial charge is 0.247 e. The maximum atomic E-state index is 14.8. The van der Waals surface area contributed by atoms with Crippen molar-refractivity contribution >= 4 is 35.2 Å². The Labute approximate surface area is 245 Å². The summed E-state index contributed by atoms with van der Waals surface area (Å²) in [6, 6.07) is 17.8. The molecule has 3 amide bonds. The van der Waals surface area contributed by atoms with Crippen molar-refractivity contribution in [3.8, 4) is 0 Å². The van der Waals surface area contributed by atoms with Gasteiger partial charge in [0.2, 0.25) is 17.7 Å². The summed E-state index contributed by atoms with van der Waals surface area (Å²) in [5, 5.41) is 10.7. The largest absolute Gasteiger partial charge is 0.394 e. The van der Waals surface area contributed by atoms with Crippen LogP contribution in [0.25, 0.3) is 0 Å². The molecule has 0 radical (unpaired) electrons. The minimum atomic E-state index is -0.943. The average Bonchev–Trinajstić information content (AvgIpc) is 3.23. The number of carbonyl (C=O) groups is 3. The number of nitrogens with zero attached hydrogens (tertiary/aromatic N) is 3. The van der Waals surface area contributed by atoms with Crippen LogP contribution in [0.2, 0.25) is 0 Å². The molecule has 41 heavy (non-hydrogen) atoms. The fourth-order valence-corrected chi connectivity index (χ4v) is 9.46. The van der Waals surface area contributed by atoms with Gasteiger partial charge in [-0.3, -0.25) is 14.4 Å². The number of fused-ring (bicyclic) bond motifs is 2. The highest BCUT2D eigenvalue weighted by Gasteiger charge is 2.74. The Hall–Kier alpha value is -3.36. The van der Waals surface area contributed by atoms with Gasteiger partial charge < -0.3 is 19.8 Å². The van der Waals surface area contributed by atoms with Crippen LogP contribution < -0.4 is 4.90 Å². The van der Waals surface area contributed by atoms with Gasteiger partial charge in [-0.25, -0.2) is 0 Å². The lowest BCUT2D eigenvalue weighted by molar-refractivity contribution is -0.146. The normalized spacial score (nSPS) is 31.7. The molecule has 4 aliphatic rings. The molecule has 4 heterocycles. The highest BCUT2D eigenvalue weighted by molar-refractivity contribution is 8.02. The molecule has 1 unspecified atom stereocenters. The van der Waals surface area contributed by atoms with Crippen LogP contribution in [0.1, 0.15) is 26.3 Å². The first-order valence-electron chi connectivity index (χ1n) is 14.4. The Morgan fingerprint density at radius 3 is 2.20 bits per heavy atom. The van der Waals surface area contributed by atoms with Crippen LogP contribution in [0.4, 0.5) is 5.69 Å². The van der Waals surface area contributed by atoms with Crippen LogP contribution in [-0.4, -0.2) is 79.9 Å². The number of benzene rings is 2. The molecule has 6 rings (SSSR count). The molecule has 1 N–H and O–H groups in total. The van der Waals surface area contributed by atoms with E-state index in [1.807, 2.05) is 99.7 Å². The molecule has 0 aliphatic carbocycles. The number of aliphatic hydroxyl groups is 1. The number of likely N-dealkylation sites (tertiary alicyclic amines) is 1. The molecular formula is C33H37N3O4S. The summed E-state index contributed by atoms with van der Waals surface area (Å²) in [7, 11) is 0. The third-order valence-electron chi connectivity index (χ3n) is 9.14. The third-order valence-corrected chi connectivity index (χ3v) is 10.9. The average molecular weight is 572 g/mol. The summed E-state index contributed by atoms with van der Waals surface area (Å²) in [6.45, 7) is 6.56. The van der Waals surface area contributed by atoms with E-state index in [0.29, 0.717) is 19.5 Å². The summed E-state index contributed by atoms with van der Waals surface area (Å²) in [6.07, 6.45) is 8.54. The lowest BCUT2D eigenvalue weighted by Gasteiger charge is -2.40. The monoisotopic (exact) mass is 571 g/mol. The lowest BCUT2D eigenvalue weighted by Crippen LogP contribution is -2.58. The van der Waals surface area contributed by atoms with Crippen molar-refractivity contribution in [2.75, 3.05) is 24.6 Å². The topological polar surface area (TPSA) is 81.2 Å². The van der Waals surface area contributed by atoms with Crippen LogP contribution in [0.15, 0.2) is 85.0 Å². The summed E-state index contributed by atoms with van der Waals surface area (Å²) in [5.74, 6) is -1.89. The molecule has 214 valence electrons. The van der Waals surface area contributed by atoms with E-state index >= 15 is 0 Å². The fraction of sp³-hybridized carbons (Fsp3) is 0.424. The number of aliphatic hydroxyl groups excluding tert-OH is 1. The number of thioether (sulfide) groups is 1. The van der Waals surface area contributed by atoms with Crippen molar-refractivity contribution in [1.82, 2.24) is 9.80 Å². The minimum Gasteiger partial charge on any atom is -0.394 e. The first-order chi connectivity index (χ1) is 19.7. The van der Waals surface area contributed by atoms with Crippen molar-refractivity contribution in [2.45, 2.75) is 54.8 Å². The molecule has 0 saturated carbocycles. The maximum absolute atomic E-state index is 14.8. The van der Waals surface area contributed by atoms with E-state index in [4.69, 9.17) is 0 Å². The van der Waals surface area contributed by atoms with Crippen LogP contribution in [0.5, 0.6) is 0 Å². The van der Waals surface area contributed by atoms with Gasteiger partial charge in [-0.1, -0.05) is 72.8 Å². The van der Waals surface area contributed by atoms with E-state index in [1.165, 1.54) is 0 Å². The number of hydrogen-bond donors (Lipinski definition) is 1. The zero-order valence-electron chi connectivity index (χ0n) is 23.7. The summed E-state index contributed by atoms with van der Waals surface area (Å²) < 4.78 is -1.63.